The first-order valence-electron chi connectivity index (χ1n) is 6.59. The molecule has 4 nitrogen and oxygen atoms in total. The predicted octanol–water partition coefficient (Wildman–Crippen LogP) is 2.66. The fourth-order valence-electron chi connectivity index (χ4n) is 1.91. The van der Waals surface area contributed by atoms with Crippen LogP contribution in [-0.2, 0) is 4.79 Å². The van der Waals surface area contributed by atoms with Gasteiger partial charge in [0.25, 0.3) is 5.91 Å². The first-order chi connectivity index (χ1) is 9.74. The van der Waals surface area contributed by atoms with Crippen LogP contribution in [0.25, 0.3) is 0 Å². The zero-order valence-electron chi connectivity index (χ0n) is 11.1. The molecule has 1 N–H and O–H groups in total. The zero-order chi connectivity index (χ0) is 14.2. The largest absolute Gasteiger partial charge is 0.484 e. The fraction of sp³-hybridized carbons (Fsp3) is 0.333. The Morgan fingerprint density at radius 3 is 3.15 bits per heavy atom. The van der Waals surface area contributed by atoms with Gasteiger partial charge in [-0.2, -0.15) is 5.10 Å². The lowest BCUT2D eigenvalue weighted by molar-refractivity contribution is -0.123. The summed E-state index contributed by atoms with van der Waals surface area (Å²) in [7, 11) is 0. The van der Waals surface area contributed by atoms with Gasteiger partial charge in [-0.05, 0) is 37.3 Å². The van der Waals surface area contributed by atoms with Crippen molar-refractivity contribution in [2.75, 3.05) is 6.61 Å². The van der Waals surface area contributed by atoms with Crippen LogP contribution in [0.5, 0.6) is 5.75 Å². The van der Waals surface area contributed by atoms with Gasteiger partial charge < -0.3 is 4.74 Å². The van der Waals surface area contributed by atoms with E-state index in [0.717, 1.165) is 19.3 Å². The first-order valence-corrected chi connectivity index (χ1v) is 6.59. The van der Waals surface area contributed by atoms with Gasteiger partial charge in [-0.15, -0.1) is 0 Å². The van der Waals surface area contributed by atoms with E-state index in [1.807, 2.05) is 0 Å². The number of hydrogen-bond donors (Lipinski definition) is 1. The summed E-state index contributed by atoms with van der Waals surface area (Å²) in [6.45, 7) is -0.189. The van der Waals surface area contributed by atoms with Gasteiger partial charge in [-0.3, -0.25) is 4.79 Å². The third-order valence-corrected chi connectivity index (χ3v) is 2.95. The predicted molar refractivity (Wildman–Crippen MR) is 75.0 cm³/mol. The first kappa shape index (κ1) is 14.2. The van der Waals surface area contributed by atoms with Crippen molar-refractivity contribution in [2.45, 2.75) is 19.3 Å². The monoisotopic (exact) mass is 276 g/mol. The van der Waals surface area contributed by atoms with Gasteiger partial charge in [0.15, 0.2) is 6.61 Å². The van der Waals surface area contributed by atoms with E-state index >= 15 is 0 Å². The lowest BCUT2D eigenvalue weighted by Gasteiger charge is -2.11. The Hall–Kier alpha value is -2.17. The SMILES string of the molecule is O=C(COc1cccc(F)c1)N/N=C\[C@H]1CC=CCC1. The van der Waals surface area contributed by atoms with E-state index < -0.39 is 5.82 Å². The molecule has 0 spiro atoms. The van der Waals surface area contributed by atoms with Crippen molar-refractivity contribution < 1.29 is 13.9 Å². The van der Waals surface area contributed by atoms with Crippen molar-refractivity contribution in [1.29, 1.82) is 0 Å². The van der Waals surface area contributed by atoms with E-state index in [0.29, 0.717) is 11.7 Å². The second-order valence-electron chi connectivity index (χ2n) is 4.60. The highest BCUT2D eigenvalue weighted by atomic mass is 19.1. The average Bonchev–Trinajstić information content (AvgIpc) is 2.46. The number of benzene rings is 1. The Bertz CT molecular complexity index is 514. The number of nitrogens with zero attached hydrogens (tertiary/aromatic N) is 1. The molecular formula is C15H17FN2O2. The summed E-state index contributed by atoms with van der Waals surface area (Å²) < 4.78 is 18.0. The number of carbonyl (C=O) groups is 1. The summed E-state index contributed by atoms with van der Waals surface area (Å²) in [5.41, 5.74) is 2.40. The van der Waals surface area contributed by atoms with Crippen LogP contribution in [0.15, 0.2) is 41.5 Å². The van der Waals surface area contributed by atoms with Crippen LogP contribution in [-0.4, -0.2) is 18.7 Å². The lowest BCUT2D eigenvalue weighted by Crippen LogP contribution is -2.25. The lowest BCUT2D eigenvalue weighted by atomic mass is 9.96. The van der Waals surface area contributed by atoms with Crippen LogP contribution in [0, 0.1) is 11.7 Å². The number of nitrogens with one attached hydrogen (secondary N) is 1. The molecule has 1 amide bonds. The highest BCUT2D eigenvalue weighted by Gasteiger charge is 2.07. The minimum atomic E-state index is -0.397. The molecule has 1 aliphatic carbocycles. The van der Waals surface area contributed by atoms with Crippen LogP contribution >= 0.6 is 0 Å². The molecule has 0 aromatic heterocycles. The molecule has 0 saturated carbocycles. The molecule has 1 aromatic carbocycles. The van der Waals surface area contributed by atoms with Gasteiger partial charge in [0.05, 0.1) is 0 Å². The number of hydrogen-bond acceptors (Lipinski definition) is 3. The van der Waals surface area contributed by atoms with Crippen molar-refractivity contribution in [1.82, 2.24) is 5.43 Å². The average molecular weight is 276 g/mol. The third kappa shape index (κ3) is 4.84. The molecule has 0 fully saturated rings. The Morgan fingerprint density at radius 2 is 2.40 bits per heavy atom. The number of carbonyl (C=O) groups excluding carboxylic acids is 1. The van der Waals surface area contributed by atoms with Crippen molar-refractivity contribution in [3.05, 3.63) is 42.2 Å². The molecule has 106 valence electrons. The van der Waals surface area contributed by atoms with Crippen molar-refractivity contribution in [3.63, 3.8) is 0 Å². The molecule has 0 radical (unpaired) electrons. The number of ether oxygens (including phenoxy) is 1. The molecule has 1 aromatic rings. The van der Waals surface area contributed by atoms with Gasteiger partial charge in [0, 0.05) is 12.3 Å². The van der Waals surface area contributed by atoms with Crippen molar-refractivity contribution in [2.24, 2.45) is 11.0 Å². The maximum absolute atomic E-state index is 12.9. The highest BCUT2D eigenvalue weighted by Crippen LogP contribution is 2.15. The third-order valence-electron chi connectivity index (χ3n) is 2.95. The molecule has 0 heterocycles. The normalized spacial score (nSPS) is 18.1. The molecule has 20 heavy (non-hydrogen) atoms. The summed E-state index contributed by atoms with van der Waals surface area (Å²) >= 11 is 0. The fourth-order valence-corrected chi connectivity index (χ4v) is 1.91. The molecule has 0 aliphatic heterocycles. The number of amides is 1. The van der Waals surface area contributed by atoms with E-state index in [2.05, 4.69) is 22.7 Å². The van der Waals surface area contributed by atoms with Gasteiger partial charge in [0.2, 0.25) is 0 Å². The molecule has 0 bridgehead atoms. The summed E-state index contributed by atoms with van der Waals surface area (Å²) in [6.07, 6.45) is 9.08. The zero-order valence-corrected chi connectivity index (χ0v) is 11.1. The number of rotatable bonds is 5. The Morgan fingerprint density at radius 1 is 1.50 bits per heavy atom. The molecule has 1 aliphatic rings. The summed E-state index contributed by atoms with van der Waals surface area (Å²) in [4.78, 5) is 11.5. The smallest absolute Gasteiger partial charge is 0.277 e. The Labute approximate surface area is 117 Å². The van der Waals surface area contributed by atoms with Gasteiger partial charge in [0.1, 0.15) is 11.6 Å². The maximum Gasteiger partial charge on any atom is 0.277 e. The molecule has 0 saturated heterocycles. The number of hydrazone groups is 1. The summed E-state index contributed by atoms with van der Waals surface area (Å²) in [6, 6.07) is 5.66. The second kappa shape index (κ2) is 7.43. The van der Waals surface area contributed by atoms with Crippen molar-refractivity contribution >= 4 is 12.1 Å². The van der Waals surface area contributed by atoms with E-state index in [1.165, 1.54) is 18.2 Å². The molecule has 1 atom stereocenters. The minimum Gasteiger partial charge on any atom is -0.484 e. The quantitative estimate of drug-likeness (QED) is 0.510. The highest BCUT2D eigenvalue weighted by molar-refractivity contribution is 5.78. The van der Waals surface area contributed by atoms with E-state index in [4.69, 9.17) is 4.74 Å². The summed E-state index contributed by atoms with van der Waals surface area (Å²) in [5.74, 6) is -0.0610. The molecule has 2 rings (SSSR count). The van der Waals surface area contributed by atoms with Crippen LogP contribution in [0.3, 0.4) is 0 Å². The number of allylic oxidation sites excluding steroid dienone is 2. The van der Waals surface area contributed by atoms with Crippen LogP contribution in [0.2, 0.25) is 0 Å². The Kier molecular flexibility index (Phi) is 5.29. The van der Waals surface area contributed by atoms with E-state index in [-0.39, 0.29) is 12.5 Å². The standard InChI is InChI=1S/C15H17FN2O2/c16-13-7-4-8-14(9-13)20-11-15(19)18-17-10-12-5-2-1-3-6-12/h1-2,4,7-10,12H,3,5-6,11H2,(H,18,19)/b17-10-/t12-/m0/s1. The van der Waals surface area contributed by atoms with E-state index in [9.17, 15) is 9.18 Å². The summed E-state index contributed by atoms with van der Waals surface area (Å²) in [5, 5.41) is 3.91. The van der Waals surface area contributed by atoms with Gasteiger partial charge >= 0.3 is 0 Å². The van der Waals surface area contributed by atoms with Crippen LogP contribution in [0.1, 0.15) is 19.3 Å². The maximum atomic E-state index is 12.9. The molecule has 5 heteroatoms. The minimum absolute atomic E-state index is 0.189. The second-order valence-corrected chi connectivity index (χ2v) is 4.60. The number of halogens is 1. The van der Waals surface area contributed by atoms with Crippen LogP contribution < -0.4 is 10.2 Å². The van der Waals surface area contributed by atoms with Crippen molar-refractivity contribution in [3.8, 4) is 5.75 Å². The molecule has 0 unspecified atom stereocenters. The Balaban J connectivity index is 1.70. The van der Waals surface area contributed by atoms with E-state index in [1.54, 1.807) is 12.3 Å². The van der Waals surface area contributed by atoms with Gasteiger partial charge in [-0.25, -0.2) is 9.82 Å². The topological polar surface area (TPSA) is 50.7 Å². The van der Waals surface area contributed by atoms with Crippen LogP contribution in [0.4, 0.5) is 4.39 Å². The van der Waals surface area contributed by atoms with Gasteiger partial charge in [-0.1, -0.05) is 18.2 Å². The molecular weight excluding hydrogens is 259 g/mol.